The molecular formula is C9H12F6OS. The number of halogens is 6. The van der Waals surface area contributed by atoms with Gasteiger partial charge in [0.1, 0.15) is 0 Å². The lowest BCUT2D eigenvalue weighted by molar-refractivity contribution is -0.304. The molecule has 0 fully saturated rings. The Balaban J connectivity index is 4.42. The standard InChI is InChI=1S/C9H12F6OS/c1-6(16)17-5-3-4-8(12,13)9(14,15)7(2,10)11/h3-5H2,1-2H3. The second-order valence-corrected chi connectivity index (χ2v) is 4.88. The van der Waals surface area contributed by atoms with Crippen LogP contribution < -0.4 is 0 Å². The van der Waals surface area contributed by atoms with Gasteiger partial charge in [0, 0.05) is 26.0 Å². The van der Waals surface area contributed by atoms with Crippen molar-refractivity contribution in [3.05, 3.63) is 0 Å². The van der Waals surface area contributed by atoms with E-state index in [1.165, 1.54) is 6.92 Å². The summed E-state index contributed by atoms with van der Waals surface area (Å²) in [4.78, 5) is 10.4. The van der Waals surface area contributed by atoms with Crippen molar-refractivity contribution in [2.75, 3.05) is 5.75 Å². The lowest BCUT2D eigenvalue weighted by Crippen LogP contribution is -2.52. The first-order valence-corrected chi connectivity index (χ1v) is 5.67. The van der Waals surface area contributed by atoms with Crippen molar-refractivity contribution in [3.63, 3.8) is 0 Å². The van der Waals surface area contributed by atoms with Crippen molar-refractivity contribution in [1.29, 1.82) is 0 Å². The van der Waals surface area contributed by atoms with Crippen molar-refractivity contribution in [2.45, 2.75) is 44.5 Å². The Hall–Kier alpha value is -0.400. The molecule has 0 aromatic heterocycles. The molecule has 0 aromatic carbocycles. The summed E-state index contributed by atoms with van der Waals surface area (Å²) < 4.78 is 75.9. The van der Waals surface area contributed by atoms with Gasteiger partial charge < -0.3 is 0 Å². The Kier molecular flexibility index (Phi) is 5.37. The van der Waals surface area contributed by atoms with Gasteiger partial charge in [0.15, 0.2) is 5.12 Å². The Morgan fingerprint density at radius 2 is 1.59 bits per heavy atom. The van der Waals surface area contributed by atoms with Crippen LogP contribution in [-0.2, 0) is 4.79 Å². The average Bonchev–Trinajstić information content (AvgIpc) is 2.10. The maximum absolute atomic E-state index is 12.9. The molecule has 0 aliphatic heterocycles. The summed E-state index contributed by atoms with van der Waals surface area (Å²) in [5.74, 6) is -15.1. The second-order valence-electron chi connectivity index (χ2n) is 3.61. The normalized spacial score (nSPS) is 13.9. The Morgan fingerprint density at radius 3 is 1.94 bits per heavy atom. The van der Waals surface area contributed by atoms with Gasteiger partial charge in [0.25, 0.3) is 0 Å². The number of carbonyl (C=O) groups excluding carboxylic acids is 1. The molecule has 0 aromatic rings. The minimum Gasteiger partial charge on any atom is -0.288 e. The summed E-state index contributed by atoms with van der Waals surface area (Å²) in [6.07, 6.45) is -1.83. The quantitative estimate of drug-likeness (QED) is 0.541. The van der Waals surface area contributed by atoms with E-state index in [1.54, 1.807) is 0 Å². The fourth-order valence-electron chi connectivity index (χ4n) is 0.988. The third-order valence-electron chi connectivity index (χ3n) is 1.95. The Morgan fingerprint density at radius 1 is 1.12 bits per heavy atom. The van der Waals surface area contributed by atoms with Crippen LogP contribution in [0.2, 0.25) is 0 Å². The van der Waals surface area contributed by atoms with Gasteiger partial charge in [-0.25, -0.2) is 0 Å². The lowest BCUT2D eigenvalue weighted by Gasteiger charge is -2.30. The molecule has 0 heterocycles. The number of hydrogen-bond donors (Lipinski definition) is 0. The number of alkyl halides is 6. The van der Waals surface area contributed by atoms with Gasteiger partial charge in [-0.05, 0) is 6.42 Å². The van der Waals surface area contributed by atoms with E-state index in [2.05, 4.69) is 0 Å². The molecule has 102 valence electrons. The fraction of sp³-hybridized carbons (Fsp3) is 0.889. The molecule has 0 amide bonds. The van der Waals surface area contributed by atoms with Crippen molar-refractivity contribution in [3.8, 4) is 0 Å². The number of rotatable bonds is 6. The maximum Gasteiger partial charge on any atom is 0.371 e. The van der Waals surface area contributed by atoms with Crippen LogP contribution in [0.15, 0.2) is 0 Å². The molecular weight excluding hydrogens is 270 g/mol. The zero-order valence-corrected chi connectivity index (χ0v) is 10.0. The van der Waals surface area contributed by atoms with Crippen molar-refractivity contribution < 1.29 is 31.1 Å². The Labute approximate surface area is 98.9 Å². The summed E-state index contributed by atoms with van der Waals surface area (Å²) in [6.45, 7) is 0.947. The summed E-state index contributed by atoms with van der Waals surface area (Å²) in [6, 6.07) is 0. The van der Waals surface area contributed by atoms with E-state index in [9.17, 15) is 31.1 Å². The van der Waals surface area contributed by atoms with Gasteiger partial charge in [0.2, 0.25) is 0 Å². The van der Waals surface area contributed by atoms with Crippen LogP contribution >= 0.6 is 11.8 Å². The minimum atomic E-state index is -5.39. The van der Waals surface area contributed by atoms with Gasteiger partial charge in [-0.1, -0.05) is 11.8 Å². The van der Waals surface area contributed by atoms with Crippen LogP contribution in [-0.4, -0.2) is 28.6 Å². The molecule has 0 aliphatic rings. The highest BCUT2D eigenvalue weighted by atomic mass is 32.2. The number of thioether (sulfide) groups is 1. The molecule has 0 bridgehead atoms. The molecule has 0 unspecified atom stereocenters. The van der Waals surface area contributed by atoms with Crippen molar-refractivity contribution in [1.82, 2.24) is 0 Å². The zero-order valence-electron chi connectivity index (χ0n) is 9.21. The van der Waals surface area contributed by atoms with E-state index in [0.717, 1.165) is 0 Å². The zero-order chi connectivity index (χ0) is 13.9. The van der Waals surface area contributed by atoms with Gasteiger partial charge in [-0.15, -0.1) is 0 Å². The summed E-state index contributed by atoms with van der Waals surface area (Å²) in [5, 5.41) is -0.346. The maximum atomic E-state index is 12.9. The van der Waals surface area contributed by atoms with E-state index < -0.39 is 30.6 Å². The molecule has 17 heavy (non-hydrogen) atoms. The largest absolute Gasteiger partial charge is 0.371 e. The van der Waals surface area contributed by atoms with Gasteiger partial charge in [-0.3, -0.25) is 4.79 Å². The highest BCUT2D eigenvalue weighted by Crippen LogP contribution is 2.47. The molecule has 0 saturated carbocycles. The van der Waals surface area contributed by atoms with Crippen LogP contribution in [0.1, 0.15) is 26.7 Å². The van der Waals surface area contributed by atoms with Gasteiger partial charge in [-0.2, -0.15) is 26.3 Å². The highest BCUT2D eigenvalue weighted by Gasteiger charge is 2.68. The highest BCUT2D eigenvalue weighted by molar-refractivity contribution is 8.13. The van der Waals surface area contributed by atoms with Crippen LogP contribution in [0, 0.1) is 0 Å². The first-order valence-electron chi connectivity index (χ1n) is 4.68. The molecule has 8 heteroatoms. The van der Waals surface area contributed by atoms with Gasteiger partial charge in [0.05, 0.1) is 0 Å². The van der Waals surface area contributed by atoms with Crippen LogP contribution in [0.3, 0.4) is 0 Å². The first kappa shape index (κ1) is 16.6. The predicted molar refractivity (Wildman–Crippen MR) is 52.9 cm³/mol. The molecule has 0 atom stereocenters. The smallest absolute Gasteiger partial charge is 0.288 e. The first-order chi connectivity index (χ1) is 7.42. The minimum absolute atomic E-state index is 0.101. The van der Waals surface area contributed by atoms with E-state index in [4.69, 9.17) is 0 Å². The van der Waals surface area contributed by atoms with Crippen LogP contribution in [0.4, 0.5) is 26.3 Å². The molecule has 0 saturated heterocycles. The molecule has 1 nitrogen and oxygen atoms in total. The fourth-order valence-corrected chi connectivity index (χ4v) is 1.56. The topological polar surface area (TPSA) is 17.1 Å². The summed E-state index contributed by atoms with van der Waals surface area (Å²) >= 11 is 0.685. The summed E-state index contributed by atoms with van der Waals surface area (Å²) in [7, 11) is 0. The SMILES string of the molecule is CC(=O)SCCCC(F)(F)C(F)(F)C(C)(F)F. The number of carbonyl (C=O) groups is 1. The Bertz CT molecular complexity index is 273. The average molecular weight is 282 g/mol. The number of hydrogen-bond acceptors (Lipinski definition) is 2. The summed E-state index contributed by atoms with van der Waals surface area (Å²) in [5.41, 5.74) is 0. The molecule has 0 N–H and O–H groups in total. The second kappa shape index (κ2) is 5.49. The molecule has 0 rings (SSSR count). The van der Waals surface area contributed by atoms with E-state index in [1.807, 2.05) is 0 Å². The van der Waals surface area contributed by atoms with Crippen molar-refractivity contribution >= 4 is 16.9 Å². The van der Waals surface area contributed by atoms with Crippen LogP contribution in [0.5, 0.6) is 0 Å². The lowest BCUT2D eigenvalue weighted by atomic mass is 10.0. The van der Waals surface area contributed by atoms with E-state index in [-0.39, 0.29) is 17.8 Å². The third kappa shape index (κ3) is 4.40. The van der Waals surface area contributed by atoms with Gasteiger partial charge >= 0.3 is 17.8 Å². The van der Waals surface area contributed by atoms with E-state index in [0.29, 0.717) is 11.8 Å². The van der Waals surface area contributed by atoms with Crippen LogP contribution in [0.25, 0.3) is 0 Å². The molecule has 0 aliphatic carbocycles. The van der Waals surface area contributed by atoms with Crippen molar-refractivity contribution in [2.24, 2.45) is 0 Å². The molecule has 0 radical (unpaired) electrons. The predicted octanol–water partition coefficient (Wildman–Crippen LogP) is 3.97. The third-order valence-corrected chi connectivity index (χ3v) is 2.85. The molecule has 0 spiro atoms. The van der Waals surface area contributed by atoms with E-state index >= 15 is 0 Å². The monoisotopic (exact) mass is 282 g/mol.